The molecule has 0 fully saturated rings. The SMILES string of the molecule is O=C1COc2cc(Br)c(Br)cc2N1. The third-order valence-electron chi connectivity index (χ3n) is 1.66. The smallest absolute Gasteiger partial charge is 0.262 e. The maximum absolute atomic E-state index is 11.0. The van der Waals surface area contributed by atoms with Gasteiger partial charge in [0, 0.05) is 8.95 Å². The summed E-state index contributed by atoms with van der Waals surface area (Å²) >= 11 is 6.69. The lowest BCUT2D eigenvalue weighted by Gasteiger charge is -2.18. The van der Waals surface area contributed by atoms with Crippen molar-refractivity contribution in [2.24, 2.45) is 0 Å². The molecular weight excluding hydrogens is 302 g/mol. The highest BCUT2D eigenvalue weighted by Gasteiger charge is 2.16. The van der Waals surface area contributed by atoms with Gasteiger partial charge >= 0.3 is 0 Å². The largest absolute Gasteiger partial charge is 0.482 e. The molecular formula is C8H5Br2NO2. The van der Waals surface area contributed by atoms with Crippen LogP contribution in [0.4, 0.5) is 5.69 Å². The molecule has 1 N–H and O–H groups in total. The van der Waals surface area contributed by atoms with Crippen LogP contribution in [0.2, 0.25) is 0 Å². The van der Waals surface area contributed by atoms with Crippen LogP contribution in [0.3, 0.4) is 0 Å². The van der Waals surface area contributed by atoms with E-state index in [4.69, 9.17) is 4.74 Å². The van der Waals surface area contributed by atoms with E-state index in [2.05, 4.69) is 37.2 Å². The second-order valence-electron chi connectivity index (χ2n) is 2.60. The van der Waals surface area contributed by atoms with Crippen molar-refractivity contribution >= 4 is 43.5 Å². The Balaban J connectivity index is 2.49. The molecule has 0 spiro atoms. The van der Waals surface area contributed by atoms with Crippen molar-refractivity contribution < 1.29 is 9.53 Å². The van der Waals surface area contributed by atoms with E-state index in [0.29, 0.717) is 11.4 Å². The highest BCUT2D eigenvalue weighted by atomic mass is 79.9. The zero-order valence-corrected chi connectivity index (χ0v) is 9.61. The van der Waals surface area contributed by atoms with Gasteiger partial charge in [-0.15, -0.1) is 0 Å². The Morgan fingerprint density at radius 3 is 2.77 bits per heavy atom. The first-order valence-corrected chi connectivity index (χ1v) is 5.17. The average Bonchev–Trinajstić information content (AvgIpc) is 2.08. The van der Waals surface area contributed by atoms with Crippen molar-refractivity contribution in [2.75, 3.05) is 11.9 Å². The summed E-state index contributed by atoms with van der Waals surface area (Å²) in [7, 11) is 0. The fraction of sp³-hybridized carbons (Fsp3) is 0.125. The number of ether oxygens (including phenoxy) is 1. The van der Waals surface area contributed by atoms with E-state index in [1.807, 2.05) is 6.07 Å². The molecule has 3 nitrogen and oxygen atoms in total. The summed E-state index contributed by atoms with van der Waals surface area (Å²) in [5.41, 5.74) is 0.700. The number of hydrogen-bond acceptors (Lipinski definition) is 2. The molecule has 0 saturated heterocycles. The maximum Gasteiger partial charge on any atom is 0.262 e. The van der Waals surface area contributed by atoms with Crippen LogP contribution < -0.4 is 10.1 Å². The van der Waals surface area contributed by atoms with Gasteiger partial charge in [0.25, 0.3) is 5.91 Å². The standard InChI is InChI=1S/C8H5Br2NO2/c9-4-1-6-7(2-5(4)10)13-3-8(12)11-6/h1-2H,3H2,(H,11,12). The van der Waals surface area contributed by atoms with Gasteiger partial charge in [0.2, 0.25) is 0 Å². The van der Waals surface area contributed by atoms with Gasteiger partial charge in [-0.25, -0.2) is 0 Å². The molecule has 1 aliphatic heterocycles. The molecule has 5 heteroatoms. The molecule has 1 aromatic carbocycles. The molecule has 0 saturated carbocycles. The molecule has 0 radical (unpaired) electrons. The van der Waals surface area contributed by atoms with Crippen molar-refractivity contribution in [1.29, 1.82) is 0 Å². The predicted octanol–water partition coefficient (Wildman–Crippen LogP) is 2.54. The molecule has 0 atom stereocenters. The fourth-order valence-corrected chi connectivity index (χ4v) is 1.74. The number of benzene rings is 1. The van der Waals surface area contributed by atoms with Crippen molar-refractivity contribution in [1.82, 2.24) is 0 Å². The first-order valence-electron chi connectivity index (χ1n) is 3.58. The van der Waals surface area contributed by atoms with E-state index >= 15 is 0 Å². The molecule has 1 aliphatic rings. The van der Waals surface area contributed by atoms with E-state index in [1.54, 1.807) is 6.07 Å². The van der Waals surface area contributed by atoms with Crippen LogP contribution in [0.5, 0.6) is 5.75 Å². The lowest BCUT2D eigenvalue weighted by molar-refractivity contribution is -0.118. The van der Waals surface area contributed by atoms with Crippen LogP contribution >= 0.6 is 31.9 Å². The van der Waals surface area contributed by atoms with Crippen LogP contribution in [0.25, 0.3) is 0 Å². The fourth-order valence-electron chi connectivity index (χ4n) is 1.08. The second-order valence-corrected chi connectivity index (χ2v) is 4.31. The number of rotatable bonds is 0. The lowest BCUT2D eigenvalue weighted by atomic mass is 10.2. The summed E-state index contributed by atoms with van der Waals surface area (Å²) in [4.78, 5) is 11.0. The molecule has 68 valence electrons. The van der Waals surface area contributed by atoms with Crippen LogP contribution in [-0.4, -0.2) is 12.5 Å². The number of hydrogen-bond donors (Lipinski definition) is 1. The van der Waals surface area contributed by atoms with E-state index in [-0.39, 0.29) is 12.5 Å². The molecule has 0 aliphatic carbocycles. The maximum atomic E-state index is 11.0. The van der Waals surface area contributed by atoms with E-state index < -0.39 is 0 Å². The number of carbonyl (C=O) groups is 1. The normalized spacial score (nSPS) is 14.5. The third kappa shape index (κ3) is 1.71. The summed E-state index contributed by atoms with van der Waals surface area (Å²) in [5.74, 6) is 0.566. The van der Waals surface area contributed by atoms with Gasteiger partial charge in [0.1, 0.15) is 5.75 Å². The van der Waals surface area contributed by atoms with Gasteiger partial charge in [-0.2, -0.15) is 0 Å². The third-order valence-corrected chi connectivity index (χ3v) is 3.50. The molecule has 1 amide bonds. The Hall–Kier alpha value is -0.550. The molecule has 0 aromatic heterocycles. The number of fused-ring (bicyclic) bond motifs is 1. The number of nitrogens with one attached hydrogen (secondary N) is 1. The number of anilines is 1. The van der Waals surface area contributed by atoms with Gasteiger partial charge in [-0.3, -0.25) is 4.79 Å². The number of carbonyl (C=O) groups excluding carboxylic acids is 1. The molecule has 1 heterocycles. The first-order chi connectivity index (χ1) is 6.16. The van der Waals surface area contributed by atoms with Crippen molar-refractivity contribution in [3.05, 3.63) is 21.1 Å². The molecule has 0 unspecified atom stereocenters. The first kappa shape index (κ1) is 9.02. The molecule has 1 aromatic rings. The minimum absolute atomic E-state index is 0.0844. The number of halogens is 2. The van der Waals surface area contributed by atoms with Gasteiger partial charge in [0.15, 0.2) is 6.61 Å². The second kappa shape index (κ2) is 3.31. The Labute approximate surface area is 91.7 Å². The van der Waals surface area contributed by atoms with Crippen LogP contribution in [-0.2, 0) is 4.79 Å². The number of amides is 1. The zero-order valence-electron chi connectivity index (χ0n) is 6.43. The quantitative estimate of drug-likeness (QED) is 0.800. The van der Waals surface area contributed by atoms with Crippen molar-refractivity contribution in [3.8, 4) is 5.75 Å². The summed E-state index contributed by atoms with van der Waals surface area (Å²) in [6.07, 6.45) is 0. The van der Waals surface area contributed by atoms with Gasteiger partial charge in [-0.1, -0.05) is 0 Å². The van der Waals surface area contributed by atoms with E-state index in [0.717, 1.165) is 8.95 Å². The van der Waals surface area contributed by atoms with Crippen LogP contribution in [0.1, 0.15) is 0 Å². The topological polar surface area (TPSA) is 38.3 Å². The minimum Gasteiger partial charge on any atom is -0.482 e. The summed E-state index contributed by atoms with van der Waals surface area (Å²) in [5, 5.41) is 2.71. The summed E-state index contributed by atoms with van der Waals surface area (Å²) in [6.45, 7) is 0.0844. The summed E-state index contributed by atoms with van der Waals surface area (Å²) in [6, 6.07) is 3.62. The van der Waals surface area contributed by atoms with Crippen LogP contribution in [0, 0.1) is 0 Å². The monoisotopic (exact) mass is 305 g/mol. The Kier molecular flexibility index (Phi) is 2.29. The average molecular weight is 307 g/mol. The highest BCUT2D eigenvalue weighted by molar-refractivity contribution is 9.13. The highest BCUT2D eigenvalue weighted by Crippen LogP contribution is 2.35. The lowest BCUT2D eigenvalue weighted by Crippen LogP contribution is -2.25. The van der Waals surface area contributed by atoms with Crippen molar-refractivity contribution in [2.45, 2.75) is 0 Å². The molecule has 2 rings (SSSR count). The van der Waals surface area contributed by atoms with Crippen LogP contribution in [0.15, 0.2) is 21.1 Å². The van der Waals surface area contributed by atoms with Gasteiger partial charge < -0.3 is 10.1 Å². The van der Waals surface area contributed by atoms with E-state index in [9.17, 15) is 4.79 Å². The Bertz CT molecular complexity index is 379. The summed E-state index contributed by atoms with van der Waals surface area (Å²) < 4.78 is 7.00. The molecule has 13 heavy (non-hydrogen) atoms. The molecule has 0 bridgehead atoms. The van der Waals surface area contributed by atoms with Crippen molar-refractivity contribution in [3.63, 3.8) is 0 Å². The minimum atomic E-state index is -0.123. The predicted molar refractivity (Wildman–Crippen MR) is 56.0 cm³/mol. The Morgan fingerprint density at radius 2 is 2.00 bits per heavy atom. The van der Waals surface area contributed by atoms with Gasteiger partial charge in [0.05, 0.1) is 5.69 Å². The van der Waals surface area contributed by atoms with E-state index in [1.165, 1.54) is 0 Å². The Morgan fingerprint density at radius 1 is 1.31 bits per heavy atom. The zero-order chi connectivity index (χ0) is 9.42. The van der Waals surface area contributed by atoms with Gasteiger partial charge in [-0.05, 0) is 44.0 Å².